The van der Waals surface area contributed by atoms with Crippen LogP contribution in [0.25, 0.3) is 27.9 Å². The third kappa shape index (κ3) is 4.11. The smallest absolute Gasteiger partial charge is 0.332 e. The van der Waals surface area contributed by atoms with Gasteiger partial charge >= 0.3 is 5.69 Å². The van der Waals surface area contributed by atoms with Gasteiger partial charge in [0, 0.05) is 56.8 Å². The fraction of sp³-hybridized carbons (Fsp3) is 0.259. The number of hydrogen-bond acceptors (Lipinski definition) is 4. The molecule has 9 heteroatoms. The van der Waals surface area contributed by atoms with Gasteiger partial charge < -0.3 is 14.6 Å². The summed E-state index contributed by atoms with van der Waals surface area (Å²) in [4.78, 5) is 27.2. The summed E-state index contributed by atoms with van der Waals surface area (Å²) in [6, 6.07) is 10.6. The van der Waals surface area contributed by atoms with Crippen molar-refractivity contribution in [1.82, 2.24) is 13.7 Å². The number of pyridine rings is 1. The number of hydrogen-bond donors (Lipinski definition) is 1. The highest BCUT2D eigenvalue weighted by Crippen LogP contribution is 2.41. The van der Waals surface area contributed by atoms with Crippen LogP contribution in [-0.4, -0.2) is 31.9 Å². The van der Waals surface area contributed by atoms with Gasteiger partial charge in [-0.1, -0.05) is 24.6 Å². The van der Waals surface area contributed by atoms with Crippen LogP contribution in [0.5, 0.6) is 5.75 Å². The Morgan fingerprint density at radius 2 is 1.72 bits per heavy atom. The summed E-state index contributed by atoms with van der Waals surface area (Å²) < 4.78 is 19.2. The molecule has 0 radical (unpaired) electrons. The van der Waals surface area contributed by atoms with Crippen molar-refractivity contribution in [3.8, 4) is 33.7 Å². The molecule has 0 unspecified atom stereocenters. The van der Waals surface area contributed by atoms with Crippen molar-refractivity contribution in [2.45, 2.75) is 13.3 Å². The van der Waals surface area contributed by atoms with Gasteiger partial charge in [-0.25, -0.2) is 9.18 Å². The minimum absolute atomic E-state index is 0.161. The van der Waals surface area contributed by atoms with Crippen LogP contribution < -0.4 is 16.1 Å². The number of phenolic OH excluding ortho intramolecular Hbond substituents is 1. The second kappa shape index (κ2) is 9.02. The number of anilines is 1. The fourth-order valence-corrected chi connectivity index (χ4v) is 5.05. The van der Waals surface area contributed by atoms with Crippen LogP contribution in [0.2, 0.25) is 5.02 Å². The van der Waals surface area contributed by atoms with Crippen LogP contribution in [0.4, 0.5) is 10.2 Å². The minimum Gasteiger partial charge on any atom is -0.507 e. The highest BCUT2D eigenvalue weighted by Gasteiger charge is 2.23. The monoisotopic (exact) mass is 508 g/mol. The second-order valence-corrected chi connectivity index (χ2v) is 9.82. The Morgan fingerprint density at radius 1 is 1.00 bits per heavy atom. The highest BCUT2D eigenvalue weighted by molar-refractivity contribution is 6.32. The molecule has 7 nitrogen and oxygen atoms in total. The Kier molecular flexibility index (Phi) is 6.00. The second-order valence-electron chi connectivity index (χ2n) is 9.42. The van der Waals surface area contributed by atoms with Crippen molar-refractivity contribution in [1.29, 1.82) is 0 Å². The molecule has 1 aliphatic heterocycles. The van der Waals surface area contributed by atoms with Crippen LogP contribution in [0.15, 0.2) is 64.4 Å². The van der Waals surface area contributed by atoms with E-state index in [9.17, 15) is 19.1 Å². The summed E-state index contributed by atoms with van der Waals surface area (Å²) in [5.74, 6) is 0.519. The molecule has 0 bridgehead atoms. The Bertz CT molecular complexity index is 1600. The summed E-state index contributed by atoms with van der Waals surface area (Å²) >= 11 is 6.49. The maximum absolute atomic E-state index is 14.8. The lowest BCUT2D eigenvalue weighted by atomic mass is 9.97. The lowest BCUT2D eigenvalue weighted by Gasteiger charge is -2.22. The number of benzene rings is 2. The van der Waals surface area contributed by atoms with E-state index in [2.05, 4.69) is 11.8 Å². The SMILES string of the molecule is C[C@@H]1CCN(c2cc(-c3cc(F)cc(-c4ccc(-n5ccn(C)c5=O)c(Cl)c4)c3O)cc(=O)n2C)C1. The topological polar surface area (TPSA) is 72.4 Å². The first kappa shape index (κ1) is 23.9. The molecular formula is C27H26ClFN4O3. The Labute approximate surface area is 212 Å². The van der Waals surface area contributed by atoms with Gasteiger partial charge in [0.25, 0.3) is 5.56 Å². The number of nitrogens with zero attached hydrogens (tertiary/aromatic N) is 4. The van der Waals surface area contributed by atoms with E-state index in [0.717, 1.165) is 25.3 Å². The van der Waals surface area contributed by atoms with E-state index in [1.807, 2.05) is 6.07 Å². The first-order chi connectivity index (χ1) is 17.1. The highest BCUT2D eigenvalue weighted by atomic mass is 35.5. The molecule has 1 N–H and O–H groups in total. The predicted octanol–water partition coefficient (Wildman–Crippen LogP) is 4.55. The van der Waals surface area contributed by atoms with E-state index < -0.39 is 5.82 Å². The molecule has 186 valence electrons. The number of phenols is 1. The van der Waals surface area contributed by atoms with Gasteiger partial charge in [-0.05, 0) is 53.8 Å². The molecule has 0 saturated carbocycles. The van der Waals surface area contributed by atoms with Crippen molar-refractivity contribution in [3.63, 3.8) is 0 Å². The van der Waals surface area contributed by atoms with Gasteiger partial charge in [0.1, 0.15) is 17.4 Å². The lowest BCUT2D eigenvalue weighted by Crippen LogP contribution is -2.28. The molecule has 1 fully saturated rings. The Morgan fingerprint density at radius 3 is 2.33 bits per heavy atom. The number of imidazole rings is 1. The first-order valence-corrected chi connectivity index (χ1v) is 12.0. The molecular weight excluding hydrogens is 483 g/mol. The van der Waals surface area contributed by atoms with Gasteiger partial charge in [-0.3, -0.25) is 13.9 Å². The number of aromatic nitrogens is 3. The zero-order valence-corrected chi connectivity index (χ0v) is 21.0. The maximum atomic E-state index is 14.8. The number of aryl methyl sites for hydroxylation is 1. The van der Waals surface area contributed by atoms with Crippen LogP contribution in [0, 0.1) is 11.7 Å². The molecule has 1 atom stereocenters. The number of rotatable bonds is 4. The first-order valence-electron chi connectivity index (χ1n) is 11.7. The molecule has 3 heterocycles. The van der Waals surface area contributed by atoms with E-state index in [1.165, 1.54) is 27.3 Å². The Balaban J connectivity index is 1.61. The maximum Gasteiger partial charge on any atom is 0.332 e. The van der Waals surface area contributed by atoms with E-state index in [1.54, 1.807) is 49.3 Å². The van der Waals surface area contributed by atoms with Crippen LogP contribution in [0.1, 0.15) is 13.3 Å². The van der Waals surface area contributed by atoms with Crippen molar-refractivity contribution in [3.05, 3.63) is 86.5 Å². The van der Waals surface area contributed by atoms with Crippen molar-refractivity contribution in [2.24, 2.45) is 20.0 Å². The quantitative estimate of drug-likeness (QED) is 0.439. The van der Waals surface area contributed by atoms with Gasteiger partial charge in [0.2, 0.25) is 0 Å². The minimum atomic E-state index is -0.561. The van der Waals surface area contributed by atoms with Gasteiger partial charge in [-0.15, -0.1) is 0 Å². The van der Waals surface area contributed by atoms with Gasteiger partial charge in [0.15, 0.2) is 0 Å². The third-order valence-corrected chi connectivity index (χ3v) is 7.14. The van der Waals surface area contributed by atoms with Crippen molar-refractivity contribution >= 4 is 17.4 Å². The number of aromatic hydroxyl groups is 1. The van der Waals surface area contributed by atoms with E-state index >= 15 is 0 Å². The molecule has 2 aromatic carbocycles. The third-order valence-electron chi connectivity index (χ3n) is 6.84. The van der Waals surface area contributed by atoms with E-state index in [-0.39, 0.29) is 33.1 Å². The molecule has 0 aliphatic carbocycles. The summed E-state index contributed by atoms with van der Waals surface area (Å²) in [7, 11) is 3.35. The molecule has 1 saturated heterocycles. The normalized spacial score (nSPS) is 15.6. The molecule has 1 aliphatic rings. The van der Waals surface area contributed by atoms with Crippen molar-refractivity contribution < 1.29 is 9.50 Å². The van der Waals surface area contributed by atoms with Gasteiger partial charge in [-0.2, -0.15) is 0 Å². The van der Waals surface area contributed by atoms with E-state index in [0.29, 0.717) is 22.7 Å². The molecule has 4 aromatic rings. The molecule has 0 amide bonds. The fourth-order valence-electron chi connectivity index (χ4n) is 4.78. The van der Waals surface area contributed by atoms with Crippen molar-refractivity contribution in [2.75, 3.05) is 18.0 Å². The molecule has 2 aromatic heterocycles. The summed E-state index contributed by atoms with van der Waals surface area (Å²) in [6.45, 7) is 3.82. The van der Waals surface area contributed by atoms with Crippen LogP contribution >= 0.6 is 11.6 Å². The largest absolute Gasteiger partial charge is 0.507 e. The molecule has 36 heavy (non-hydrogen) atoms. The van der Waals surface area contributed by atoms with Crippen LogP contribution in [-0.2, 0) is 14.1 Å². The molecule has 0 spiro atoms. The average Bonchev–Trinajstić information content (AvgIpc) is 3.42. The predicted molar refractivity (Wildman–Crippen MR) is 140 cm³/mol. The van der Waals surface area contributed by atoms with Crippen LogP contribution in [0.3, 0.4) is 0 Å². The standard InChI is InChI=1S/C27H26ClFN4O3/c1-16-6-7-32(15-16)24-11-18(12-25(34)31(24)3)21-14-19(29)13-20(26(21)35)17-4-5-23(22(28)10-17)33-9-8-30(2)27(33)36/h4-5,8-14,16,35H,6-7,15H2,1-3H3/t16-/m1/s1. The zero-order chi connectivity index (χ0) is 25.7. The summed E-state index contributed by atoms with van der Waals surface area (Å²) in [5, 5.41) is 11.5. The lowest BCUT2D eigenvalue weighted by molar-refractivity contribution is 0.477. The zero-order valence-electron chi connectivity index (χ0n) is 20.2. The van der Waals surface area contributed by atoms with E-state index in [4.69, 9.17) is 11.6 Å². The summed E-state index contributed by atoms with van der Waals surface area (Å²) in [6.07, 6.45) is 4.26. The van der Waals surface area contributed by atoms with Gasteiger partial charge in [0.05, 0.1) is 10.7 Å². The average molecular weight is 509 g/mol. The molecule has 5 rings (SSSR count). The number of halogens is 2. The summed E-state index contributed by atoms with van der Waals surface area (Å²) in [5.41, 5.74) is 1.33. The Hall–Kier alpha value is -3.78.